The first-order valence-corrected chi connectivity index (χ1v) is 7.51. The van der Waals surface area contributed by atoms with E-state index in [4.69, 9.17) is 10.5 Å². The molecule has 0 aliphatic heterocycles. The van der Waals surface area contributed by atoms with Gasteiger partial charge in [-0.25, -0.2) is 0 Å². The third-order valence-electron chi connectivity index (χ3n) is 3.48. The summed E-state index contributed by atoms with van der Waals surface area (Å²) < 4.78 is 7.02. The SMILES string of the molecule is Cc1cccc(C)c1COc1cc(Br)ccc1C(C)N. The lowest BCUT2D eigenvalue weighted by molar-refractivity contribution is 0.300. The Bertz CT molecular complexity index is 588. The topological polar surface area (TPSA) is 35.2 Å². The lowest BCUT2D eigenvalue weighted by Gasteiger charge is -2.16. The molecule has 0 aliphatic rings. The molecule has 0 spiro atoms. The lowest BCUT2D eigenvalue weighted by Crippen LogP contribution is -2.09. The van der Waals surface area contributed by atoms with E-state index < -0.39 is 0 Å². The molecule has 1 unspecified atom stereocenters. The van der Waals surface area contributed by atoms with Gasteiger partial charge in [-0.3, -0.25) is 0 Å². The highest BCUT2D eigenvalue weighted by atomic mass is 79.9. The van der Waals surface area contributed by atoms with E-state index >= 15 is 0 Å². The number of aryl methyl sites for hydroxylation is 2. The molecular formula is C17H20BrNO. The molecule has 0 fully saturated rings. The fourth-order valence-corrected chi connectivity index (χ4v) is 2.58. The molecular weight excluding hydrogens is 314 g/mol. The normalized spacial score (nSPS) is 12.2. The van der Waals surface area contributed by atoms with Gasteiger partial charge in [-0.15, -0.1) is 0 Å². The van der Waals surface area contributed by atoms with Crippen molar-refractivity contribution in [3.63, 3.8) is 0 Å². The molecule has 1 atom stereocenters. The summed E-state index contributed by atoms with van der Waals surface area (Å²) in [6.45, 7) is 6.75. The molecule has 0 radical (unpaired) electrons. The number of halogens is 1. The van der Waals surface area contributed by atoms with Crippen LogP contribution in [-0.4, -0.2) is 0 Å². The fourth-order valence-electron chi connectivity index (χ4n) is 2.24. The minimum absolute atomic E-state index is 0.0453. The molecule has 0 bridgehead atoms. The first kappa shape index (κ1) is 15.1. The van der Waals surface area contributed by atoms with Crippen LogP contribution < -0.4 is 10.5 Å². The molecule has 0 saturated carbocycles. The van der Waals surface area contributed by atoms with Crippen LogP contribution in [0.15, 0.2) is 40.9 Å². The number of rotatable bonds is 4. The van der Waals surface area contributed by atoms with E-state index in [2.05, 4.69) is 48.0 Å². The predicted octanol–water partition coefficient (Wildman–Crippen LogP) is 4.66. The Morgan fingerprint density at radius 3 is 2.40 bits per heavy atom. The summed E-state index contributed by atoms with van der Waals surface area (Å²) in [5.41, 5.74) is 10.8. The Kier molecular flexibility index (Phi) is 4.84. The molecule has 3 heteroatoms. The van der Waals surface area contributed by atoms with Crippen molar-refractivity contribution in [2.24, 2.45) is 5.73 Å². The standard InChI is InChI=1S/C17H20BrNO/c1-11-5-4-6-12(2)16(11)10-20-17-9-14(18)7-8-15(17)13(3)19/h4-9,13H,10,19H2,1-3H3. The average molecular weight is 334 g/mol. The third kappa shape index (κ3) is 3.41. The Morgan fingerprint density at radius 2 is 1.80 bits per heavy atom. The summed E-state index contributed by atoms with van der Waals surface area (Å²) in [6, 6.07) is 12.2. The molecule has 0 saturated heterocycles. The van der Waals surface area contributed by atoms with Crippen LogP contribution in [0.25, 0.3) is 0 Å². The van der Waals surface area contributed by atoms with Crippen LogP contribution in [0.2, 0.25) is 0 Å². The van der Waals surface area contributed by atoms with E-state index in [0.29, 0.717) is 6.61 Å². The fraction of sp³-hybridized carbons (Fsp3) is 0.294. The van der Waals surface area contributed by atoms with Crippen molar-refractivity contribution in [3.8, 4) is 5.75 Å². The monoisotopic (exact) mass is 333 g/mol. The molecule has 2 aromatic rings. The number of hydrogen-bond donors (Lipinski definition) is 1. The molecule has 2 N–H and O–H groups in total. The first-order valence-electron chi connectivity index (χ1n) is 6.72. The summed E-state index contributed by atoms with van der Waals surface area (Å²) in [5.74, 6) is 0.844. The zero-order chi connectivity index (χ0) is 14.7. The van der Waals surface area contributed by atoms with Crippen molar-refractivity contribution < 1.29 is 4.74 Å². The van der Waals surface area contributed by atoms with Gasteiger partial charge in [0.25, 0.3) is 0 Å². The summed E-state index contributed by atoms with van der Waals surface area (Å²) in [7, 11) is 0. The smallest absolute Gasteiger partial charge is 0.125 e. The van der Waals surface area contributed by atoms with Crippen molar-refractivity contribution in [2.45, 2.75) is 33.4 Å². The van der Waals surface area contributed by atoms with E-state index in [9.17, 15) is 0 Å². The van der Waals surface area contributed by atoms with Crippen molar-refractivity contribution >= 4 is 15.9 Å². The Balaban J connectivity index is 2.25. The molecule has 2 nitrogen and oxygen atoms in total. The van der Waals surface area contributed by atoms with Gasteiger partial charge < -0.3 is 10.5 Å². The molecule has 20 heavy (non-hydrogen) atoms. The molecule has 0 amide bonds. The highest BCUT2D eigenvalue weighted by Gasteiger charge is 2.10. The van der Waals surface area contributed by atoms with Crippen LogP contribution in [0, 0.1) is 13.8 Å². The van der Waals surface area contributed by atoms with Gasteiger partial charge in [-0.05, 0) is 49.6 Å². The predicted molar refractivity (Wildman–Crippen MR) is 87.0 cm³/mol. The molecule has 0 heterocycles. The van der Waals surface area contributed by atoms with Crippen molar-refractivity contribution in [1.29, 1.82) is 0 Å². The largest absolute Gasteiger partial charge is 0.489 e. The van der Waals surface area contributed by atoms with E-state index in [1.807, 2.05) is 25.1 Å². The molecule has 0 aliphatic carbocycles. The van der Waals surface area contributed by atoms with E-state index in [0.717, 1.165) is 15.8 Å². The molecule has 2 aromatic carbocycles. The van der Waals surface area contributed by atoms with E-state index in [-0.39, 0.29) is 6.04 Å². The zero-order valence-corrected chi connectivity index (χ0v) is 13.7. The summed E-state index contributed by atoms with van der Waals surface area (Å²) in [4.78, 5) is 0. The second-order valence-electron chi connectivity index (χ2n) is 5.13. The van der Waals surface area contributed by atoms with E-state index in [1.165, 1.54) is 16.7 Å². The van der Waals surface area contributed by atoms with Gasteiger partial charge in [0.2, 0.25) is 0 Å². The Labute approximate surface area is 129 Å². The van der Waals surface area contributed by atoms with Crippen molar-refractivity contribution in [1.82, 2.24) is 0 Å². The van der Waals surface area contributed by atoms with Gasteiger partial charge >= 0.3 is 0 Å². The maximum absolute atomic E-state index is 6.02. The van der Waals surface area contributed by atoms with Crippen LogP contribution in [-0.2, 0) is 6.61 Å². The third-order valence-corrected chi connectivity index (χ3v) is 3.98. The van der Waals surface area contributed by atoms with Crippen LogP contribution in [0.1, 0.15) is 35.2 Å². The minimum atomic E-state index is -0.0453. The molecule has 106 valence electrons. The van der Waals surface area contributed by atoms with Crippen LogP contribution in [0.4, 0.5) is 0 Å². The van der Waals surface area contributed by atoms with Crippen molar-refractivity contribution in [3.05, 3.63) is 63.1 Å². The number of hydrogen-bond acceptors (Lipinski definition) is 2. The summed E-state index contributed by atoms with van der Waals surface area (Å²) in [5, 5.41) is 0. The zero-order valence-electron chi connectivity index (χ0n) is 12.1. The van der Waals surface area contributed by atoms with Gasteiger partial charge in [0, 0.05) is 16.1 Å². The maximum Gasteiger partial charge on any atom is 0.125 e. The van der Waals surface area contributed by atoms with E-state index in [1.54, 1.807) is 0 Å². The molecule has 0 aromatic heterocycles. The van der Waals surface area contributed by atoms with Crippen molar-refractivity contribution in [2.75, 3.05) is 0 Å². The van der Waals surface area contributed by atoms with Crippen LogP contribution >= 0.6 is 15.9 Å². The van der Waals surface area contributed by atoms with Gasteiger partial charge in [0.05, 0.1) is 0 Å². The second-order valence-corrected chi connectivity index (χ2v) is 6.05. The first-order chi connectivity index (χ1) is 9.49. The quantitative estimate of drug-likeness (QED) is 0.882. The van der Waals surface area contributed by atoms with Gasteiger partial charge in [0.1, 0.15) is 12.4 Å². The van der Waals surface area contributed by atoms with Crippen LogP contribution in [0.5, 0.6) is 5.75 Å². The summed E-state index contributed by atoms with van der Waals surface area (Å²) in [6.07, 6.45) is 0. The number of nitrogens with two attached hydrogens (primary N) is 1. The average Bonchev–Trinajstić information content (AvgIpc) is 2.37. The summed E-state index contributed by atoms with van der Waals surface area (Å²) >= 11 is 3.48. The van der Waals surface area contributed by atoms with Gasteiger partial charge in [-0.2, -0.15) is 0 Å². The van der Waals surface area contributed by atoms with Gasteiger partial charge in [0.15, 0.2) is 0 Å². The lowest BCUT2D eigenvalue weighted by atomic mass is 10.0. The Hall–Kier alpha value is -1.32. The highest BCUT2D eigenvalue weighted by Crippen LogP contribution is 2.29. The number of ether oxygens (including phenoxy) is 1. The second kappa shape index (κ2) is 6.42. The minimum Gasteiger partial charge on any atom is -0.489 e. The maximum atomic E-state index is 6.02. The Morgan fingerprint density at radius 1 is 1.15 bits per heavy atom. The van der Waals surface area contributed by atoms with Gasteiger partial charge in [-0.1, -0.05) is 40.2 Å². The molecule has 2 rings (SSSR count). The highest BCUT2D eigenvalue weighted by molar-refractivity contribution is 9.10. The number of benzene rings is 2. The van der Waals surface area contributed by atoms with Crippen LogP contribution in [0.3, 0.4) is 0 Å².